The highest BCUT2D eigenvalue weighted by atomic mass is 16.6. The third-order valence-electron chi connectivity index (χ3n) is 13.8. The van der Waals surface area contributed by atoms with Gasteiger partial charge in [0.15, 0.2) is 6.10 Å². The molecule has 0 aromatic rings. The van der Waals surface area contributed by atoms with E-state index in [2.05, 4.69) is 69.4 Å². The molecule has 0 amide bonds. The van der Waals surface area contributed by atoms with Crippen LogP contribution in [0.15, 0.2) is 48.6 Å². The molecule has 0 aromatic heterocycles. The number of carbonyl (C=O) groups is 3. The normalized spacial score (nSPS) is 12.3. The van der Waals surface area contributed by atoms with Crippen molar-refractivity contribution in [2.24, 2.45) is 0 Å². The summed E-state index contributed by atoms with van der Waals surface area (Å²) in [7, 11) is 0. The zero-order valence-corrected chi connectivity index (χ0v) is 47.5. The first kappa shape index (κ1) is 68.4. The van der Waals surface area contributed by atoms with Crippen molar-refractivity contribution in [2.45, 2.75) is 335 Å². The summed E-state index contributed by atoms with van der Waals surface area (Å²) in [6.07, 6.45) is 74.0. The zero-order chi connectivity index (χ0) is 51.4. The maximum absolute atomic E-state index is 12.9. The minimum Gasteiger partial charge on any atom is -0.462 e. The Morgan fingerprint density at radius 3 is 0.873 bits per heavy atom. The standard InChI is InChI=1S/C65H118O6/c1-4-7-10-13-16-19-22-25-28-31-32-33-35-37-40-43-46-49-52-55-58-64(67)70-61-62(60-69-63(66)57-54-51-48-45-42-39-36-30-27-24-21-18-15-12-9-6-3)71-65(68)59-56-53-50-47-44-41-38-34-29-26-23-20-17-14-11-8-5-2/h8,11,17,20,26,29-30,36,62H,4-7,9-10,12-16,18-19,21-25,27-28,31-35,37-61H2,1-3H3/b11-8-,20-17-,29-26-,36-30-. The van der Waals surface area contributed by atoms with Gasteiger partial charge in [0.1, 0.15) is 13.2 Å². The molecule has 0 aliphatic rings. The van der Waals surface area contributed by atoms with Crippen LogP contribution in [-0.4, -0.2) is 37.2 Å². The lowest BCUT2D eigenvalue weighted by Crippen LogP contribution is -2.30. The number of unbranched alkanes of at least 4 members (excludes halogenated alkanes) is 38. The van der Waals surface area contributed by atoms with E-state index in [1.807, 2.05) is 0 Å². The molecule has 0 saturated heterocycles. The average Bonchev–Trinajstić information content (AvgIpc) is 3.37. The second-order valence-corrected chi connectivity index (χ2v) is 20.9. The Morgan fingerprint density at radius 1 is 0.296 bits per heavy atom. The first-order valence-electron chi connectivity index (χ1n) is 31.1. The molecule has 0 saturated carbocycles. The predicted molar refractivity (Wildman–Crippen MR) is 307 cm³/mol. The van der Waals surface area contributed by atoms with E-state index in [1.54, 1.807) is 0 Å². The maximum Gasteiger partial charge on any atom is 0.306 e. The van der Waals surface area contributed by atoms with Gasteiger partial charge in [-0.1, -0.05) is 281 Å². The van der Waals surface area contributed by atoms with Crippen LogP contribution in [0.25, 0.3) is 0 Å². The maximum atomic E-state index is 12.9. The Kier molecular flexibility index (Phi) is 57.7. The van der Waals surface area contributed by atoms with E-state index in [0.717, 1.165) is 89.9 Å². The summed E-state index contributed by atoms with van der Waals surface area (Å²) < 4.78 is 16.9. The van der Waals surface area contributed by atoms with E-state index in [9.17, 15) is 14.4 Å². The summed E-state index contributed by atoms with van der Waals surface area (Å²) >= 11 is 0. The van der Waals surface area contributed by atoms with Gasteiger partial charge in [-0.25, -0.2) is 0 Å². The van der Waals surface area contributed by atoms with Gasteiger partial charge in [0, 0.05) is 19.3 Å². The van der Waals surface area contributed by atoms with Gasteiger partial charge in [-0.05, 0) is 77.0 Å². The molecule has 0 aliphatic heterocycles. The molecule has 0 bridgehead atoms. The van der Waals surface area contributed by atoms with Gasteiger partial charge in [-0.2, -0.15) is 0 Å². The first-order chi connectivity index (χ1) is 35.0. The van der Waals surface area contributed by atoms with Crippen LogP contribution in [0.4, 0.5) is 0 Å². The lowest BCUT2D eigenvalue weighted by Gasteiger charge is -2.18. The van der Waals surface area contributed by atoms with Crippen molar-refractivity contribution in [2.75, 3.05) is 13.2 Å². The summed E-state index contributed by atoms with van der Waals surface area (Å²) in [5, 5.41) is 0. The lowest BCUT2D eigenvalue weighted by atomic mass is 10.0. The smallest absolute Gasteiger partial charge is 0.306 e. The molecule has 0 N–H and O–H groups in total. The van der Waals surface area contributed by atoms with Gasteiger partial charge in [0.05, 0.1) is 0 Å². The molecular formula is C65H118O6. The molecule has 1 atom stereocenters. The van der Waals surface area contributed by atoms with Gasteiger partial charge in [-0.15, -0.1) is 0 Å². The van der Waals surface area contributed by atoms with Crippen LogP contribution < -0.4 is 0 Å². The molecule has 0 fully saturated rings. The third-order valence-corrected chi connectivity index (χ3v) is 13.8. The van der Waals surface area contributed by atoms with Crippen LogP contribution in [0.3, 0.4) is 0 Å². The van der Waals surface area contributed by atoms with Crippen LogP contribution in [0.1, 0.15) is 329 Å². The third kappa shape index (κ3) is 58.1. The van der Waals surface area contributed by atoms with E-state index in [0.29, 0.717) is 19.3 Å². The minimum absolute atomic E-state index is 0.0763. The molecule has 6 heteroatoms. The van der Waals surface area contributed by atoms with Crippen molar-refractivity contribution in [1.82, 2.24) is 0 Å². The Balaban J connectivity index is 4.34. The number of carbonyl (C=O) groups excluding carboxylic acids is 3. The largest absolute Gasteiger partial charge is 0.462 e. The minimum atomic E-state index is -0.780. The summed E-state index contributed by atoms with van der Waals surface area (Å²) in [6, 6.07) is 0. The highest BCUT2D eigenvalue weighted by Gasteiger charge is 2.19. The molecule has 0 rings (SSSR count). The summed E-state index contributed by atoms with van der Waals surface area (Å²) in [5.41, 5.74) is 0. The van der Waals surface area contributed by atoms with Crippen LogP contribution in [0.5, 0.6) is 0 Å². The fourth-order valence-electron chi connectivity index (χ4n) is 9.16. The van der Waals surface area contributed by atoms with E-state index in [1.165, 1.54) is 199 Å². The van der Waals surface area contributed by atoms with E-state index in [4.69, 9.17) is 14.2 Å². The molecule has 0 aromatic carbocycles. The first-order valence-corrected chi connectivity index (χ1v) is 31.1. The molecule has 0 radical (unpaired) electrons. The van der Waals surface area contributed by atoms with Crippen molar-refractivity contribution in [3.05, 3.63) is 48.6 Å². The van der Waals surface area contributed by atoms with Crippen molar-refractivity contribution in [3.63, 3.8) is 0 Å². The number of hydrogen-bond acceptors (Lipinski definition) is 6. The molecule has 1 unspecified atom stereocenters. The molecule has 6 nitrogen and oxygen atoms in total. The molecule has 0 heterocycles. The highest BCUT2D eigenvalue weighted by Crippen LogP contribution is 2.17. The van der Waals surface area contributed by atoms with Crippen molar-refractivity contribution in [3.8, 4) is 0 Å². The van der Waals surface area contributed by atoms with E-state index >= 15 is 0 Å². The number of esters is 3. The van der Waals surface area contributed by atoms with Crippen molar-refractivity contribution in [1.29, 1.82) is 0 Å². The zero-order valence-electron chi connectivity index (χ0n) is 47.5. The van der Waals surface area contributed by atoms with Gasteiger partial charge in [0.2, 0.25) is 0 Å². The Morgan fingerprint density at radius 2 is 0.549 bits per heavy atom. The van der Waals surface area contributed by atoms with Gasteiger partial charge < -0.3 is 14.2 Å². The van der Waals surface area contributed by atoms with Crippen molar-refractivity contribution < 1.29 is 28.6 Å². The summed E-state index contributed by atoms with van der Waals surface area (Å²) in [4.78, 5) is 38.3. The molecule has 71 heavy (non-hydrogen) atoms. The van der Waals surface area contributed by atoms with Crippen molar-refractivity contribution >= 4 is 17.9 Å². The van der Waals surface area contributed by atoms with Gasteiger partial charge in [-0.3, -0.25) is 14.4 Å². The predicted octanol–water partition coefficient (Wildman–Crippen LogP) is 21.0. The number of ether oxygens (including phenoxy) is 3. The van der Waals surface area contributed by atoms with E-state index < -0.39 is 6.10 Å². The summed E-state index contributed by atoms with van der Waals surface area (Å²) in [6.45, 7) is 6.56. The van der Waals surface area contributed by atoms with Gasteiger partial charge >= 0.3 is 17.9 Å². The summed E-state index contributed by atoms with van der Waals surface area (Å²) in [5.74, 6) is -0.875. The number of rotatable bonds is 57. The lowest BCUT2D eigenvalue weighted by molar-refractivity contribution is -0.167. The average molecular weight is 996 g/mol. The Labute approximate surface area is 441 Å². The van der Waals surface area contributed by atoms with E-state index in [-0.39, 0.29) is 31.1 Å². The van der Waals surface area contributed by atoms with Gasteiger partial charge in [0.25, 0.3) is 0 Å². The highest BCUT2D eigenvalue weighted by molar-refractivity contribution is 5.71. The second kappa shape index (κ2) is 59.9. The molecule has 414 valence electrons. The monoisotopic (exact) mass is 995 g/mol. The SMILES string of the molecule is CC/C=C\C/C=C\C/C=C\CCCCCCCCCC(=O)OC(COC(=O)CCCCCCC/C=C\CCCCCCCCC)COC(=O)CCCCCCCCCCCCCCCCCCCCCC. The number of hydrogen-bond donors (Lipinski definition) is 0. The van der Waals surface area contributed by atoms with Crippen LogP contribution in [-0.2, 0) is 28.6 Å². The van der Waals surface area contributed by atoms with Crippen LogP contribution in [0.2, 0.25) is 0 Å². The topological polar surface area (TPSA) is 78.9 Å². The molecular weight excluding hydrogens is 877 g/mol. The van der Waals surface area contributed by atoms with Crippen LogP contribution in [0, 0.1) is 0 Å². The van der Waals surface area contributed by atoms with Crippen LogP contribution >= 0.6 is 0 Å². The Hall–Kier alpha value is -2.63. The fourth-order valence-corrected chi connectivity index (χ4v) is 9.16. The fraction of sp³-hybridized carbons (Fsp3) is 0.831. The quantitative estimate of drug-likeness (QED) is 0.0261. The Bertz CT molecular complexity index is 1230. The molecule has 0 aliphatic carbocycles. The molecule has 0 spiro atoms. The second-order valence-electron chi connectivity index (χ2n) is 20.9. The number of allylic oxidation sites excluding steroid dienone is 8.